The van der Waals surface area contributed by atoms with Crippen molar-refractivity contribution in [3.63, 3.8) is 0 Å². The van der Waals surface area contributed by atoms with Gasteiger partial charge in [-0.3, -0.25) is 9.59 Å². The molecular formula is C19H29N3O7S. The number of methoxy groups -OCH3 is 2. The molecule has 0 aromatic heterocycles. The maximum Gasteiger partial charge on any atom is 0.309 e. The van der Waals surface area contributed by atoms with Crippen LogP contribution in [0.1, 0.15) is 26.2 Å². The Bertz CT molecular complexity index is 845. The van der Waals surface area contributed by atoms with Crippen molar-refractivity contribution in [2.45, 2.75) is 37.3 Å². The van der Waals surface area contributed by atoms with Gasteiger partial charge in [0.2, 0.25) is 10.0 Å². The number of amides is 2. The Kier molecular flexibility index (Phi) is 8.88. The van der Waals surface area contributed by atoms with Crippen LogP contribution in [0.15, 0.2) is 23.1 Å². The molecule has 1 aliphatic heterocycles. The Labute approximate surface area is 176 Å². The normalized spacial score (nSPS) is 17.2. The maximum atomic E-state index is 13.2. The lowest BCUT2D eigenvalue weighted by Gasteiger charge is -2.34. The zero-order valence-corrected chi connectivity index (χ0v) is 18.3. The minimum Gasteiger partial charge on any atom is -0.493 e. The van der Waals surface area contributed by atoms with Crippen LogP contribution >= 0.6 is 0 Å². The minimum atomic E-state index is -3.93. The summed E-state index contributed by atoms with van der Waals surface area (Å²) < 4.78 is 43.4. The number of hydrogen-bond acceptors (Lipinski definition) is 7. The summed E-state index contributed by atoms with van der Waals surface area (Å²) in [5, 5.41) is 4.96. The number of ether oxygens (including phenoxy) is 3. The van der Waals surface area contributed by atoms with E-state index in [2.05, 4.69) is 10.6 Å². The average molecular weight is 444 g/mol. The van der Waals surface area contributed by atoms with Crippen LogP contribution < -0.4 is 20.1 Å². The fourth-order valence-corrected chi connectivity index (χ4v) is 4.52. The topological polar surface area (TPSA) is 123 Å². The number of rotatable bonds is 9. The third kappa shape index (κ3) is 5.83. The molecule has 1 aromatic rings. The van der Waals surface area contributed by atoms with Crippen molar-refractivity contribution < 1.29 is 32.2 Å². The van der Waals surface area contributed by atoms with E-state index < -0.39 is 28.1 Å². The number of hydrogen-bond donors (Lipinski definition) is 2. The van der Waals surface area contributed by atoms with Gasteiger partial charge in [-0.25, -0.2) is 8.42 Å². The van der Waals surface area contributed by atoms with Crippen molar-refractivity contribution in [3.8, 4) is 11.5 Å². The van der Waals surface area contributed by atoms with Crippen molar-refractivity contribution in [1.29, 1.82) is 0 Å². The van der Waals surface area contributed by atoms with Crippen LogP contribution in [-0.2, 0) is 24.3 Å². The van der Waals surface area contributed by atoms with Gasteiger partial charge in [-0.05, 0) is 25.0 Å². The van der Waals surface area contributed by atoms with Crippen LogP contribution in [0.5, 0.6) is 11.5 Å². The van der Waals surface area contributed by atoms with E-state index in [1.165, 1.54) is 36.7 Å². The molecule has 1 unspecified atom stereocenters. The lowest BCUT2D eigenvalue weighted by molar-refractivity contribution is -0.140. The van der Waals surface area contributed by atoms with Crippen molar-refractivity contribution >= 4 is 21.8 Å². The standard InChI is InChI=1S/C19H29N3O7S/c1-4-5-9-20-18(23)19(24)21-13-17-22(10-6-11-29-17)30(25,26)14-7-8-15(27-2)16(12-14)28-3/h7-8,12,17H,4-6,9-11,13H2,1-3H3,(H,20,23)(H,21,24). The molecule has 0 spiro atoms. The first-order valence-corrected chi connectivity index (χ1v) is 11.2. The Morgan fingerprint density at radius 3 is 2.53 bits per heavy atom. The van der Waals surface area contributed by atoms with Gasteiger partial charge in [0.1, 0.15) is 6.23 Å². The highest BCUT2D eigenvalue weighted by atomic mass is 32.2. The summed E-state index contributed by atoms with van der Waals surface area (Å²) in [7, 11) is -1.05. The van der Waals surface area contributed by atoms with Gasteiger partial charge in [0.15, 0.2) is 11.5 Å². The Morgan fingerprint density at radius 1 is 1.17 bits per heavy atom. The molecule has 1 saturated heterocycles. The Hall–Kier alpha value is -2.37. The highest BCUT2D eigenvalue weighted by Crippen LogP contribution is 2.31. The quantitative estimate of drug-likeness (QED) is 0.420. The molecule has 0 radical (unpaired) electrons. The fourth-order valence-electron chi connectivity index (χ4n) is 2.93. The smallest absolute Gasteiger partial charge is 0.309 e. The first-order chi connectivity index (χ1) is 14.3. The van der Waals surface area contributed by atoms with E-state index in [1.807, 2.05) is 6.92 Å². The third-order valence-corrected chi connectivity index (χ3v) is 6.46. The molecule has 2 amide bonds. The number of carbonyl (C=O) groups is 2. The zero-order chi connectivity index (χ0) is 22.1. The second-order valence-electron chi connectivity index (χ2n) is 6.63. The third-order valence-electron chi connectivity index (χ3n) is 4.58. The monoisotopic (exact) mass is 443 g/mol. The predicted octanol–water partition coefficient (Wildman–Crippen LogP) is 0.473. The van der Waals surface area contributed by atoms with E-state index >= 15 is 0 Å². The summed E-state index contributed by atoms with van der Waals surface area (Å²) in [4.78, 5) is 23.8. The number of benzene rings is 1. The molecule has 0 bridgehead atoms. The van der Waals surface area contributed by atoms with Gasteiger partial charge in [-0.15, -0.1) is 0 Å². The van der Waals surface area contributed by atoms with Crippen molar-refractivity contribution in [2.24, 2.45) is 0 Å². The molecule has 11 heteroatoms. The lowest BCUT2D eigenvalue weighted by atomic mass is 10.3. The van der Waals surface area contributed by atoms with Crippen LogP contribution in [0.2, 0.25) is 0 Å². The number of unbranched alkanes of at least 4 members (excludes halogenated alkanes) is 1. The summed E-state index contributed by atoms with van der Waals surface area (Å²) in [6.07, 6.45) is 1.24. The predicted molar refractivity (Wildman–Crippen MR) is 109 cm³/mol. The van der Waals surface area contributed by atoms with Crippen molar-refractivity contribution in [3.05, 3.63) is 18.2 Å². The summed E-state index contributed by atoms with van der Waals surface area (Å²) in [5.41, 5.74) is 0. The molecule has 168 valence electrons. The average Bonchev–Trinajstić information content (AvgIpc) is 2.77. The van der Waals surface area contributed by atoms with Gasteiger partial charge in [-0.2, -0.15) is 4.31 Å². The molecular weight excluding hydrogens is 414 g/mol. The van der Waals surface area contributed by atoms with Gasteiger partial charge in [0.05, 0.1) is 32.3 Å². The van der Waals surface area contributed by atoms with Gasteiger partial charge < -0.3 is 24.8 Å². The molecule has 0 saturated carbocycles. The highest BCUT2D eigenvalue weighted by Gasteiger charge is 2.35. The Morgan fingerprint density at radius 2 is 1.87 bits per heavy atom. The molecule has 30 heavy (non-hydrogen) atoms. The van der Waals surface area contributed by atoms with Crippen LogP contribution in [0.4, 0.5) is 0 Å². The van der Waals surface area contributed by atoms with Crippen LogP contribution in [-0.4, -0.2) is 71.2 Å². The second kappa shape index (κ2) is 11.1. The first-order valence-electron chi connectivity index (χ1n) is 9.76. The van der Waals surface area contributed by atoms with E-state index in [0.29, 0.717) is 25.3 Å². The van der Waals surface area contributed by atoms with Crippen molar-refractivity contribution in [1.82, 2.24) is 14.9 Å². The van der Waals surface area contributed by atoms with Gasteiger partial charge >= 0.3 is 11.8 Å². The van der Waals surface area contributed by atoms with E-state index in [0.717, 1.165) is 12.8 Å². The van der Waals surface area contributed by atoms with Gasteiger partial charge in [0, 0.05) is 19.2 Å². The molecule has 1 fully saturated rings. The molecule has 2 N–H and O–H groups in total. The highest BCUT2D eigenvalue weighted by molar-refractivity contribution is 7.89. The molecule has 1 heterocycles. The van der Waals surface area contributed by atoms with Crippen LogP contribution in [0.3, 0.4) is 0 Å². The Balaban J connectivity index is 2.11. The largest absolute Gasteiger partial charge is 0.493 e. The SMILES string of the molecule is CCCCNC(=O)C(=O)NCC1OCCCN1S(=O)(=O)c1ccc(OC)c(OC)c1. The maximum absolute atomic E-state index is 13.2. The number of nitrogens with zero attached hydrogens (tertiary/aromatic N) is 1. The summed E-state index contributed by atoms with van der Waals surface area (Å²) in [5.74, 6) is -0.897. The first kappa shape index (κ1) is 23.9. The number of nitrogens with one attached hydrogen (secondary N) is 2. The van der Waals surface area contributed by atoms with Gasteiger partial charge in [0.25, 0.3) is 0 Å². The van der Waals surface area contributed by atoms with E-state index in [9.17, 15) is 18.0 Å². The van der Waals surface area contributed by atoms with E-state index in [1.54, 1.807) is 0 Å². The fraction of sp³-hybridized carbons (Fsp3) is 0.579. The molecule has 1 aliphatic rings. The van der Waals surface area contributed by atoms with E-state index in [4.69, 9.17) is 14.2 Å². The van der Waals surface area contributed by atoms with Crippen LogP contribution in [0.25, 0.3) is 0 Å². The molecule has 2 rings (SSSR count). The number of carbonyl (C=O) groups excluding carboxylic acids is 2. The zero-order valence-electron chi connectivity index (χ0n) is 17.5. The van der Waals surface area contributed by atoms with E-state index in [-0.39, 0.29) is 23.7 Å². The van der Waals surface area contributed by atoms with Crippen LogP contribution in [0, 0.1) is 0 Å². The number of sulfonamides is 1. The summed E-state index contributed by atoms with van der Waals surface area (Å²) in [6.45, 7) is 2.80. The van der Waals surface area contributed by atoms with Gasteiger partial charge in [-0.1, -0.05) is 13.3 Å². The molecule has 1 atom stereocenters. The molecule has 0 aliphatic carbocycles. The second-order valence-corrected chi connectivity index (χ2v) is 8.52. The summed E-state index contributed by atoms with van der Waals surface area (Å²) >= 11 is 0. The molecule has 10 nitrogen and oxygen atoms in total. The minimum absolute atomic E-state index is 0.0132. The lowest BCUT2D eigenvalue weighted by Crippen LogP contribution is -2.53. The summed E-state index contributed by atoms with van der Waals surface area (Å²) in [6, 6.07) is 4.30. The molecule has 1 aromatic carbocycles. The van der Waals surface area contributed by atoms with Crippen molar-refractivity contribution in [2.75, 3.05) is 40.5 Å².